The standard InChI is InChI=1S/C10H11N5O6/c11-7(16)3-14(4-8(12)17)9-6(15(20)21)1-5(2-13-9)10(18)19/h1-2H,3-4H2,(H2,11,16)(H2,12,17)(H,18,19). The number of hydrogen-bond donors (Lipinski definition) is 3. The second-order valence-electron chi connectivity index (χ2n) is 3.92. The predicted octanol–water partition coefficient (Wildman–Crippen LogP) is -1.53. The Morgan fingerprint density at radius 3 is 2.19 bits per heavy atom. The molecular formula is C10H11N5O6. The molecule has 0 aromatic carbocycles. The van der Waals surface area contributed by atoms with Crippen LogP contribution in [0.25, 0.3) is 0 Å². The first-order chi connectivity index (χ1) is 9.72. The molecule has 0 saturated heterocycles. The second-order valence-corrected chi connectivity index (χ2v) is 3.92. The highest BCUT2D eigenvalue weighted by Gasteiger charge is 2.25. The van der Waals surface area contributed by atoms with Gasteiger partial charge in [0.25, 0.3) is 0 Å². The Bertz CT molecular complexity index is 600. The summed E-state index contributed by atoms with van der Waals surface area (Å²) in [5, 5.41) is 19.8. The maximum atomic E-state index is 11.0. The first-order valence-electron chi connectivity index (χ1n) is 5.41. The van der Waals surface area contributed by atoms with Gasteiger partial charge in [-0.05, 0) is 0 Å². The summed E-state index contributed by atoms with van der Waals surface area (Å²) in [6.07, 6.45) is 0.861. The fourth-order valence-electron chi connectivity index (χ4n) is 1.52. The molecule has 0 aliphatic carbocycles. The van der Waals surface area contributed by atoms with Gasteiger partial charge in [-0.2, -0.15) is 0 Å². The highest BCUT2D eigenvalue weighted by Crippen LogP contribution is 2.26. The van der Waals surface area contributed by atoms with Crippen LogP contribution in [0.4, 0.5) is 11.5 Å². The number of carbonyl (C=O) groups excluding carboxylic acids is 2. The number of amides is 2. The lowest BCUT2D eigenvalue weighted by Gasteiger charge is -2.20. The Balaban J connectivity index is 3.35. The van der Waals surface area contributed by atoms with Gasteiger partial charge < -0.3 is 21.5 Å². The average Bonchev–Trinajstić information content (AvgIpc) is 2.35. The molecule has 1 heterocycles. The fraction of sp³-hybridized carbons (Fsp3) is 0.200. The van der Waals surface area contributed by atoms with E-state index in [0.717, 1.165) is 17.2 Å². The third-order valence-electron chi connectivity index (χ3n) is 2.28. The molecule has 11 heteroatoms. The Morgan fingerprint density at radius 2 is 1.81 bits per heavy atom. The van der Waals surface area contributed by atoms with Crippen molar-refractivity contribution in [1.82, 2.24) is 4.98 Å². The van der Waals surface area contributed by atoms with E-state index in [1.807, 2.05) is 0 Å². The summed E-state index contributed by atoms with van der Waals surface area (Å²) in [6, 6.07) is 0.764. The van der Waals surface area contributed by atoms with Crippen molar-refractivity contribution in [3.05, 3.63) is 27.9 Å². The molecule has 1 aromatic heterocycles. The quantitative estimate of drug-likeness (QED) is 0.399. The third-order valence-corrected chi connectivity index (χ3v) is 2.28. The summed E-state index contributed by atoms with van der Waals surface area (Å²) in [7, 11) is 0. The van der Waals surface area contributed by atoms with Gasteiger partial charge in [0.1, 0.15) is 0 Å². The van der Waals surface area contributed by atoms with E-state index in [1.54, 1.807) is 0 Å². The molecule has 0 aliphatic rings. The number of primary amides is 2. The summed E-state index contributed by atoms with van der Waals surface area (Å²) in [5.41, 5.74) is 8.88. The number of anilines is 1. The number of carboxylic acids is 1. The van der Waals surface area contributed by atoms with Gasteiger partial charge in [-0.3, -0.25) is 19.7 Å². The number of rotatable bonds is 7. The molecule has 1 rings (SSSR count). The molecule has 0 fully saturated rings. The number of aromatic carboxylic acids is 1. The summed E-state index contributed by atoms with van der Waals surface area (Å²) in [6.45, 7) is -1.08. The van der Waals surface area contributed by atoms with Crippen LogP contribution in [0.2, 0.25) is 0 Å². The molecule has 21 heavy (non-hydrogen) atoms. The van der Waals surface area contributed by atoms with Crippen LogP contribution in [0.5, 0.6) is 0 Å². The van der Waals surface area contributed by atoms with E-state index in [4.69, 9.17) is 16.6 Å². The van der Waals surface area contributed by atoms with Crippen molar-refractivity contribution in [2.45, 2.75) is 0 Å². The van der Waals surface area contributed by atoms with Crippen LogP contribution in [0, 0.1) is 10.1 Å². The number of pyridine rings is 1. The zero-order chi connectivity index (χ0) is 16.2. The van der Waals surface area contributed by atoms with Crippen LogP contribution in [0.3, 0.4) is 0 Å². The minimum absolute atomic E-state index is 0.373. The molecule has 2 amide bonds. The lowest BCUT2D eigenvalue weighted by Crippen LogP contribution is -2.40. The van der Waals surface area contributed by atoms with Gasteiger partial charge in [0, 0.05) is 12.3 Å². The van der Waals surface area contributed by atoms with Gasteiger partial charge in [-0.1, -0.05) is 0 Å². The molecule has 112 valence electrons. The molecule has 0 bridgehead atoms. The zero-order valence-electron chi connectivity index (χ0n) is 10.6. The van der Waals surface area contributed by atoms with Crippen molar-refractivity contribution in [2.24, 2.45) is 11.5 Å². The third kappa shape index (κ3) is 4.12. The Kier molecular flexibility index (Phi) is 4.72. The largest absolute Gasteiger partial charge is 0.478 e. The Morgan fingerprint density at radius 1 is 1.29 bits per heavy atom. The van der Waals surface area contributed by atoms with Gasteiger partial charge in [0.2, 0.25) is 17.6 Å². The number of aromatic nitrogens is 1. The number of nitro groups is 1. The molecule has 0 aliphatic heterocycles. The van der Waals surface area contributed by atoms with Gasteiger partial charge in [-0.25, -0.2) is 9.78 Å². The molecule has 0 unspecified atom stereocenters. The maximum Gasteiger partial charge on any atom is 0.337 e. The van der Waals surface area contributed by atoms with Crippen molar-refractivity contribution >= 4 is 29.3 Å². The van der Waals surface area contributed by atoms with Crippen LogP contribution in [0.15, 0.2) is 12.3 Å². The van der Waals surface area contributed by atoms with Crippen LogP contribution in [-0.4, -0.2) is 45.9 Å². The van der Waals surface area contributed by atoms with Crippen molar-refractivity contribution in [3.63, 3.8) is 0 Å². The van der Waals surface area contributed by atoms with Crippen LogP contribution < -0.4 is 16.4 Å². The highest BCUT2D eigenvalue weighted by molar-refractivity contribution is 5.90. The van der Waals surface area contributed by atoms with E-state index in [1.165, 1.54) is 0 Å². The van der Waals surface area contributed by atoms with Crippen molar-refractivity contribution < 1.29 is 24.4 Å². The molecule has 0 atom stereocenters. The Hall–Kier alpha value is -3.24. The number of nitrogens with zero attached hydrogens (tertiary/aromatic N) is 3. The van der Waals surface area contributed by atoms with Gasteiger partial charge >= 0.3 is 11.7 Å². The van der Waals surface area contributed by atoms with E-state index in [0.29, 0.717) is 0 Å². The van der Waals surface area contributed by atoms with E-state index in [9.17, 15) is 24.5 Å². The molecule has 11 nitrogen and oxygen atoms in total. The van der Waals surface area contributed by atoms with Crippen LogP contribution in [-0.2, 0) is 9.59 Å². The smallest absolute Gasteiger partial charge is 0.337 e. The van der Waals surface area contributed by atoms with Gasteiger partial charge in [0.15, 0.2) is 0 Å². The summed E-state index contributed by atoms with van der Waals surface area (Å²) < 4.78 is 0. The molecule has 5 N–H and O–H groups in total. The van der Waals surface area contributed by atoms with E-state index < -0.39 is 47.0 Å². The molecule has 0 spiro atoms. The van der Waals surface area contributed by atoms with E-state index >= 15 is 0 Å². The monoisotopic (exact) mass is 297 g/mol. The lowest BCUT2D eigenvalue weighted by atomic mass is 10.2. The normalized spacial score (nSPS) is 9.90. The SMILES string of the molecule is NC(=O)CN(CC(N)=O)c1ncc(C(=O)O)cc1[N+](=O)[O-]. The van der Waals surface area contributed by atoms with Crippen molar-refractivity contribution in [1.29, 1.82) is 0 Å². The molecular weight excluding hydrogens is 286 g/mol. The summed E-state index contributed by atoms with van der Waals surface area (Å²) >= 11 is 0. The minimum atomic E-state index is -1.41. The first-order valence-corrected chi connectivity index (χ1v) is 5.41. The zero-order valence-corrected chi connectivity index (χ0v) is 10.6. The van der Waals surface area contributed by atoms with Crippen LogP contribution >= 0.6 is 0 Å². The van der Waals surface area contributed by atoms with Crippen LogP contribution in [0.1, 0.15) is 10.4 Å². The second kappa shape index (κ2) is 6.27. The molecule has 1 aromatic rings. The summed E-state index contributed by atoms with van der Waals surface area (Å²) in [4.78, 5) is 47.3. The van der Waals surface area contributed by atoms with Crippen molar-refractivity contribution in [3.8, 4) is 0 Å². The molecule has 0 saturated carbocycles. The minimum Gasteiger partial charge on any atom is -0.478 e. The van der Waals surface area contributed by atoms with Gasteiger partial charge in [0.05, 0.1) is 23.6 Å². The average molecular weight is 297 g/mol. The maximum absolute atomic E-state index is 11.0. The predicted molar refractivity (Wildman–Crippen MR) is 68.5 cm³/mol. The van der Waals surface area contributed by atoms with E-state index in [-0.39, 0.29) is 5.82 Å². The lowest BCUT2D eigenvalue weighted by molar-refractivity contribution is -0.384. The van der Waals surface area contributed by atoms with Gasteiger partial charge in [-0.15, -0.1) is 0 Å². The number of hydrogen-bond acceptors (Lipinski definition) is 7. The molecule has 0 radical (unpaired) electrons. The fourth-order valence-corrected chi connectivity index (χ4v) is 1.52. The Labute approximate surface area is 117 Å². The number of nitrogens with two attached hydrogens (primary N) is 2. The van der Waals surface area contributed by atoms with E-state index in [2.05, 4.69) is 4.98 Å². The number of carbonyl (C=O) groups is 3. The summed E-state index contributed by atoms with van der Waals surface area (Å²) in [5.74, 6) is -3.51. The highest BCUT2D eigenvalue weighted by atomic mass is 16.6. The number of carboxylic acid groups (broad SMARTS) is 1. The topological polar surface area (TPSA) is 183 Å². The van der Waals surface area contributed by atoms with Crippen molar-refractivity contribution in [2.75, 3.05) is 18.0 Å². The first kappa shape index (κ1) is 15.8.